The van der Waals surface area contributed by atoms with E-state index in [-0.39, 0.29) is 35.3 Å². The summed E-state index contributed by atoms with van der Waals surface area (Å²) in [6, 6.07) is 5.05. The second-order valence-electron chi connectivity index (χ2n) is 11.8. The smallest absolute Gasteiger partial charge is 0.339 e. The Balaban J connectivity index is 1.56. The summed E-state index contributed by atoms with van der Waals surface area (Å²) in [6.45, 7) is 5.51. The molecule has 0 aromatic heterocycles. The minimum absolute atomic E-state index is 0.0211. The maximum absolute atomic E-state index is 14.2. The molecule has 3 heterocycles. The maximum Gasteiger partial charge on any atom is 0.339 e. The van der Waals surface area contributed by atoms with Crippen molar-refractivity contribution in [2.75, 3.05) is 35.5 Å². The zero-order valence-corrected chi connectivity index (χ0v) is 27.5. The van der Waals surface area contributed by atoms with Gasteiger partial charge in [0.05, 0.1) is 53.1 Å². The van der Waals surface area contributed by atoms with E-state index in [4.69, 9.17) is 23.1 Å². The molecule has 0 radical (unpaired) electrons. The normalized spacial score (nSPS) is 20.6. The second kappa shape index (κ2) is 11.0. The number of hydrogen-bond acceptors (Lipinski definition) is 10. The van der Waals surface area contributed by atoms with E-state index in [1.165, 1.54) is 33.5 Å². The van der Waals surface area contributed by atoms with Gasteiger partial charge in [0.1, 0.15) is 10.6 Å². The third kappa shape index (κ3) is 4.48. The molecule has 3 aromatic rings. The van der Waals surface area contributed by atoms with Gasteiger partial charge in [-0.3, -0.25) is 9.69 Å². The van der Waals surface area contributed by atoms with Crippen LogP contribution in [0, 0.1) is 20.8 Å². The predicted molar refractivity (Wildman–Crippen MR) is 165 cm³/mol. The van der Waals surface area contributed by atoms with Crippen molar-refractivity contribution in [2.24, 2.45) is 0 Å². The lowest BCUT2D eigenvalue weighted by Crippen LogP contribution is -2.65. The number of phenolic OH excluding ortho intramolecular Hbond substituents is 1. The number of hydrogen-bond donors (Lipinski definition) is 1. The van der Waals surface area contributed by atoms with Gasteiger partial charge in [0.2, 0.25) is 5.91 Å². The Morgan fingerprint density at radius 2 is 1.38 bits per heavy atom. The number of fused-ring (bicyclic) bond motifs is 7. The highest BCUT2D eigenvalue weighted by Gasteiger charge is 2.54. The Morgan fingerprint density at radius 3 is 1.98 bits per heavy atom. The summed E-state index contributed by atoms with van der Waals surface area (Å²) >= 11 is 0. The van der Waals surface area contributed by atoms with Crippen LogP contribution >= 0.6 is 0 Å². The van der Waals surface area contributed by atoms with Crippen LogP contribution in [0.5, 0.6) is 34.5 Å². The first kappa shape index (κ1) is 30.8. The van der Waals surface area contributed by atoms with Crippen LogP contribution in [0.4, 0.5) is 0 Å². The predicted octanol–water partition coefficient (Wildman–Crippen LogP) is 3.98. The molecule has 0 unspecified atom stereocenters. The van der Waals surface area contributed by atoms with E-state index in [1.54, 1.807) is 33.1 Å². The Hall–Kier alpha value is -4.16. The van der Waals surface area contributed by atoms with E-state index in [2.05, 4.69) is 0 Å². The number of aryl methyl sites for hydroxylation is 1. The molecular weight excluding hydrogens is 600 g/mol. The number of aromatic hydroxyl groups is 1. The van der Waals surface area contributed by atoms with Gasteiger partial charge in [0.15, 0.2) is 28.7 Å². The van der Waals surface area contributed by atoms with Crippen molar-refractivity contribution in [1.29, 1.82) is 0 Å². The van der Waals surface area contributed by atoms with Gasteiger partial charge in [-0.1, -0.05) is 17.7 Å². The highest BCUT2D eigenvalue weighted by Crippen LogP contribution is 2.56. The molecule has 240 valence electrons. The second-order valence-corrected chi connectivity index (χ2v) is 13.4. The molecule has 1 saturated heterocycles. The molecule has 3 aromatic carbocycles. The lowest BCUT2D eigenvalue weighted by molar-refractivity contribution is -0.153. The summed E-state index contributed by atoms with van der Waals surface area (Å²) in [7, 11) is 3.75. The fourth-order valence-electron chi connectivity index (χ4n) is 7.37. The SMILES string of the molecule is COc1c(C)c(OS(=O)(=O)c2ccc(C)cc2)c2c(c1OC)CN1C(=O)[C@@H]3Cc4c(O)c(C)c(OC)c(OC)c4[C@H]([C@@H]1C2)N3C. The van der Waals surface area contributed by atoms with Gasteiger partial charge >= 0.3 is 10.1 Å². The number of carbonyl (C=O) groups excluding carboxylic acids is 1. The first-order chi connectivity index (χ1) is 21.4. The van der Waals surface area contributed by atoms with Gasteiger partial charge in [-0.25, -0.2) is 0 Å². The summed E-state index contributed by atoms with van der Waals surface area (Å²) < 4.78 is 56.4. The Labute approximate surface area is 263 Å². The van der Waals surface area contributed by atoms with Crippen LogP contribution in [0.1, 0.15) is 45.0 Å². The molecule has 1 amide bonds. The van der Waals surface area contributed by atoms with Crippen molar-refractivity contribution in [1.82, 2.24) is 9.80 Å². The fourth-order valence-corrected chi connectivity index (χ4v) is 8.38. The van der Waals surface area contributed by atoms with Crippen molar-refractivity contribution in [3.8, 4) is 34.5 Å². The summed E-state index contributed by atoms with van der Waals surface area (Å²) in [6.07, 6.45) is 0.532. The van der Waals surface area contributed by atoms with Crippen LogP contribution in [0.25, 0.3) is 0 Å². The maximum atomic E-state index is 14.2. The third-order valence-electron chi connectivity index (χ3n) is 9.57. The van der Waals surface area contributed by atoms with E-state index >= 15 is 0 Å². The number of piperazine rings is 1. The number of nitrogens with zero attached hydrogens (tertiary/aromatic N) is 2. The molecule has 12 heteroatoms. The van der Waals surface area contributed by atoms with E-state index < -0.39 is 28.2 Å². The average Bonchev–Trinajstić information content (AvgIpc) is 3.02. The van der Waals surface area contributed by atoms with Crippen molar-refractivity contribution >= 4 is 16.0 Å². The number of carbonyl (C=O) groups is 1. The Morgan fingerprint density at radius 1 is 0.778 bits per heavy atom. The monoisotopic (exact) mass is 638 g/mol. The molecule has 1 N–H and O–H groups in total. The largest absolute Gasteiger partial charge is 0.507 e. The van der Waals surface area contributed by atoms with Crippen LogP contribution in [-0.4, -0.2) is 76.8 Å². The number of phenols is 1. The number of ether oxygens (including phenoxy) is 4. The van der Waals surface area contributed by atoms with Crippen molar-refractivity contribution < 1.29 is 41.4 Å². The van der Waals surface area contributed by atoms with E-state index in [9.17, 15) is 18.3 Å². The van der Waals surface area contributed by atoms with Gasteiger partial charge < -0.3 is 33.1 Å². The molecule has 1 fully saturated rings. The van der Waals surface area contributed by atoms with Gasteiger partial charge in [-0.05, 0) is 46.4 Å². The first-order valence-electron chi connectivity index (χ1n) is 14.7. The zero-order chi connectivity index (χ0) is 32.5. The number of likely N-dealkylation sites (N-methyl/N-ethyl adjacent to an activating group) is 1. The van der Waals surface area contributed by atoms with Crippen molar-refractivity contribution in [2.45, 2.75) is 63.2 Å². The van der Waals surface area contributed by atoms with Gasteiger partial charge in [-0.15, -0.1) is 0 Å². The van der Waals surface area contributed by atoms with E-state index in [1.807, 2.05) is 23.8 Å². The summed E-state index contributed by atoms with van der Waals surface area (Å²) in [4.78, 5) is 18.0. The number of benzene rings is 3. The van der Waals surface area contributed by atoms with Crippen LogP contribution in [0.3, 0.4) is 0 Å². The van der Waals surface area contributed by atoms with Crippen LogP contribution < -0.4 is 23.1 Å². The van der Waals surface area contributed by atoms with Gasteiger partial charge in [0.25, 0.3) is 0 Å². The standard InChI is InChI=1S/C33H38N2O9S/c1-16-9-11-19(12-10-16)45(38,39)44-28-18(3)30(41-6)31(42-7)22-15-35-23(13-20(22)28)26-25-21(14-24(33(35)37)34(26)4)27(36)17(2)29(40-5)32(25)43-8/h9-12,23-24,26,36H,13-15H2,1-8H3/t23-,24-,26-/m0/s1. The first-order valence-corrected chi connectivity index (χ1v) is 16.1. The van der Waals surface area contributed by atoms with Gasteiger partial charge in [0, 0.05) is 39.8 Å². The molecule has 0 aliphatic carbocycles. The summed E-state index contributed by atoms with van der Waals surface area (Å²) in [5, 5.41) is 11.3. The molecule has 6 rings (SSSR count). The quantitative estimate of drug-likeness (QED) is 0.380. The minimum Gasteiger partial charge on any atom is -0.507 e. The highest BCUT2D eigenvalue weighted by atomic mass is 32.2. The lowest BCUT2D eigenvalue weighted by atomic mass is 9.75. The topological polar surface area (TPSA) is 124 Å². The number of rotatable bonds is 7. The third-order valence-corrected chi connectivity index (χ3v) is 10.8. The Bertz CT molecular complexity index is 1820. The molecule has 2 bridgehead atoms. The van der Waals surface area contributed by atoms with Crippen LogP contribution in [0.15, 0.2) is 29.2 Å². The lowest BCUT2D eigenvalue weighted by Gasteiger charge is -2.55. The van der Waals surface area contributed by atoms with E-state index in [0.717, 1.165) is 11.1 Å². The zero-order valence-electron chi connectivity index (χ0n) is 26.7. The molecule has 3 aliphatic heterocycles. The van der Waals surface area contributed by atoms with Crippen LogP contribution in [0.2, 0.25) is 0 Å². The summed E-state index contributed by atoms with van der Waals surface area (Å²) in [5.74, 6) is 1.82. The number of methoxy groups -OCH3 is 4. The van der Waals surface area contributed by atoms with Crippen LogP contribution in [-0.2, 0) is 34.3 Å². The molecular formula is C33H38N2O9S. The molecule has 0 saturated carbocycles. The Kier molecular flexibility index (Phi) is 7.56. The fraction of sp³-hybridized carbons (Fsp3) is 0.424. The summed E-state index contributed by atoms with van der Waals surface area (Å²) in [5.41, 5.74) is 4.54. The van der Waals surface area contributed by atoms with E-state index in [0.29, 0.717) is 57.2 Å². The average molecular weight is 639 g/mol. The van der Waals surface area contributed by atoms with Crippen molar-refractivity contribution in [3.05, 3.63) is 63.2 Å². The molecule has 0 spiro atoms. The van der Waals surface area contributed by atoms with Crippen molar-refractivity contribution in [3.63, 3.8) is 0 Å². The molecule has 3 aliphatic rings. The number of amides is 1. The highest BCUT2D eigenvalue weighted by molar-refractivity contribution is 7.87. The molecule has 45 heavy (non-hydrogen) atoms. The molecule has 3 atom stereocenters. The molecule has 11 nitrogen and oxygen atoms in total. The van der Waals surface area contributed by atoms with Gasteiger partial charge in [-0.2, -0.15) is 8.42 Å². The minimum atomic E-state index is -4.23.